The Bertz CT molecular complexity index is 1190. The van der Waals surface area contributed by atoms with Crippen LogP contribution in [0.25, 0.3) is 6.08 Å². The highest BCUT2D eigenvalue weighted by atomic mass is 79.9. The molecule has 7 heteroatoms. The lowest BCUT2D eigenvalue weighted by Crippen LogP contribution is -2.13. The van der Waals surface area contributed by atoms with Crippen LogP contribution in [-0.2, 0) is 11.4 Å². The van der Waals surface area contributed by atoms with Crippen molar-refractivity contribution in [2.24, 2.45) is 0 Å². The van der Waals surface area contributed by atoms with Crippen molar-refractivity contribution >= 4 is 49.5 Å². The number of hydrogen-bond acceptors (Lipinski definition) is 4. The standard InChI is InChI=1S/C26H22Br2N2O3/c1-3-32-22-9-7-21(8-10-22)30-26(31)20(15-29)12-19-13-23(27)25(24(28)14-19)33-16-18-6-4-5-17(2)11-18/h4-14H,3,16H2,1-2H3,(H,30,31)/b20-12-. The van der Waals surface area contributed by atoms with Gasteiger partial charge in [0, 0.05) is 5.69 Å². The second kappa shape index (κ2) is 11.7. The molecule has 0 heterocycles. The molecule has 33 heavy (non-hydrogen) atoms. The zero-order chi connectivity index (χ0) is 23.8. The van der Waals surface area contributed by atoms with Gasteiger partial charge in [-0.2, -0.15) is 5.26 Å². The number of rotatable bonds is 8. The summed E-state index contributed by atoms with van der Waals surface area (Å²) in [5, 5.41) is 12.3. The van der Waals surface area contributed by atoms with Gasteiger partial charge in [0.1, 0.15) is 29.7 Å². The average molecular weight is 570 g/mol. The summed E-state index contributed by atoms with van der Waals surface area (Å²) in [6.45, 7) is 4.92. The summed E-state index contributed by atoms with van der Waals surface area (Å²) in [4.78, 5) is 12.6. The van der Waals surface area contributed by atoms with Gasteiger partial charge < -0.3 is 14.8 Å². The number of nitrogens with one attached hydrogen (secondary N) is 1. The molecule has 0 aliphatic heterocycles. The van der Waals surface area contributed by atoms with Crippen LogP contribution in [0.2, 0.25) is 0 Å². The predicted molar refractivity (Wildman–Crippen MR) is 137 cm³/mol. The van der Waals surface area contributed by atoms with E-state index in [0.717, 1.165) is 5.56 Å². The molecule has 0 aliphatic carbocycles. The van der Waals surface area contributed by atoms with Crippen molar-refractivity contribution in [3.63, 3.8) is 0 Å². The molecule has 1 amide bonds. The predicted octanol–water partition coefficient (Wildman–Crippen LogP) is 7.04. The molecule has 5 nitrogen and oxygen atoms in total. The van der Waals surface area contributed by atoms with Gasteiger partial charge in [-0.05, 0) is 99.3 Å². The van der Waals surface area contributed by atoms with Gasteiger partial charge in [-0.25, -0.2) is 0 Å². The molecule has 3 rings (SSSR count). The largest absolute Gasteiger partial charge is 0.494 e. The first-order valence-electron chi connectivity index (χ1n) is 10.2. The molecule has 0 radical (unpaired) electrons. The molecule has 168 valence electrons. The topological polar surface area (TPSA) is 71.3 Å². The van der Waals surface area contributed by atoms with Crippen molar-refractivity contribution in [1.82, 2.24) is 0 Å². The van der Waals surface area contributed by atoms with Gasteiger partial charge in [0.25, 0.3) is 5.91 Å². The number of aryl methyl sites for hydroxylation is 1. The lowest BCUT2D eigenvalue weighted by Gasteiger charge is -2.12. The maximum Gasteiger partial charge on any atom is 0.266 e. The Morgan fingerprint density at radius 3 is 2.36 bits per heavy atom. The van der Waals surface area contributed by atoms with Crippen molar-refractivity contribution < 1.29 is 14.3 Å². The smallest absolute Gasteiger partial charge is 0.266 e. The fourth-order valence-electron chi connectivity index (χ4n) is 3.07. The molecule has 0 saturated carbocycles. The van der Waals surface area contributed by atoms with Gasteiger partial charge in [0.05, 0.1) is 15.6 Å². The second-order valence-electron chi connectivity index (χ2n) is 7.17. The Kier molecular flexibility index (Phi) is 8.70. The molecule has 0 spiro atoms. The highest BCUT2D eigenvalue weighted by Crippen LogP contribution is 2.36. The zero-order valence-electron chi connectivity index (χ0n) is 18.2. The second-order valence-corrected chi connectivity index (χ2v) is 8.88. The highest BCUT2D eigenvalue weighted by Gasteiger charge is 2.13. The summed E-state index contributed by atoms with van der Waals surface area (Å²) < 4.78 is 12.8. The number of carbonyl (C=O) groups is 1. The van der Waals surface area contributed by atoms with Crippen LogP contribution >= 0.6 is 31.9 Å². The molecule has 1 N–H and O–H groups in total. The molecule has 0 saturated heterocycles. The molecule has 0 unspecified atom stereocenters. The Hall–Kier alpha value is -3.08. The fraction of sp³-hybridized carbons (Fsp3) is 0.154. The average Bonchev–Trinajstić information content (AvgIpc) is 2.78. The van der Waals surface area contributed by atoms with E-state index in [1.807, 2.05) is 38.1 Å². The van der Waals surface area contributed by atoms with E-state index >= 15 is 0 Å². The van der Waals surface area contributed by atoms with Crippen LogP contribution in [0.3, 0.4) is 0 Å². The monoisotopic (exact) mass is 568 g/mol. The maximum atomic E-state index is 12.6. The zero-order valence-corrected chi connectivity index (χ0v) is 21.4. The molecule has 3 aromatic rings. The molecular formula is C26H22Br2N2O3. The molecule has 0 atom stereocenters. The first kappa shape index (κ1) is 24.6. The van der Waals surface area contributed by atoms with Gasteiger partial charge >= 0.3 is 0 Å². The van der Waals surface area contributed by atoms with Gasteiger partial charge in [0.15, 0.2) is 0 Å². The van der Waals surface area contributed by atoms with Crippen molar-refractivity contribution in [3.8, 4) is 17.6 Å². The number of benzene rings is 3. The summed E-state index contributed by atoms with van der Waals surface area (Å²) in [6.07, 6.45) is 1.53. The summed E-state index contributed by atoms with van der Waals surface area (Å²) in [6, 6.07) is 20.7. The van der Waals surface area contributed by atoms with Crippen LogP contribution in [0, 0.1) is 18.3 Å². The molecule has 0 aromatic heterocycles. The Morgan fingerprint density at radius 1 is 1.06 bits per heavy atom. The number of carbonyl (C=O) groups excluding carboxylic acids is 1. The first-order valence-corrected chi connectivity index (χ1v) is 11.8. The van der Waals surface area contributed by atoms with Crippen molar-refractivity contribution in [3.05, 3.63) is 91.9 Å². The van der Waals surface area contributed by atoms with Gasteiger partial charge in [-0.15, -0.1) is 0 Å². The Balaban J connectivity index is 1.73. The Labute approximate surface area is 210 Å². The van der Waals surface area contributed by atoms with Gasteiger partial charge in [0.2, 0.25) is 0 Å². The third-order valence-corrected chi connectivity index (χ3v) is 5.76. The lowest BCUT2D eigenvalue weighted by atomic mass is 10.1. The maximum absolute atomic E-state index is 12.6. The number of nitriles is 1. The summed E-state index contributed by atoms with van der Waals surface area (Å²) >= 11 is 7.06. The van der Waals surface area contributed by atoms with E-state index in [9.17, 15) is 10.1 Å². The number of amides is 1. The number of ether oxygens (including phenoxy) is 2. The van der Waals surface area contributed by atoms with E-state index in [1.54, 1.807) is 36.4 Å². The normalized spacial score (nSPS) is 10.9. The minimum absolute atomic E-state index is 0.0175. The Morgan fingerprint density at radius 2 is 1.76 bits per heavy atom. The number of nitrogens with zero attached hydrogens (tertiary/aromatic N) is 1. The SMILES string of the molecule is CCOc1ccc(NC(=O)/C(C#N)=C\c2cc(Br)c(OCc3cccc(C)c3)c(Br)c2)cc1. The van der Waals surface area contributed by atoms with Crippen LogP contribution < -0.4 is 14.8 Å². The van der Waals surface area contributed by atoms with Crippen LogP contribution in [0.5, 0.6) is 11.5 Å². The quantitative estimate of drug-likeness (QED) is 0.233. The number of halogens is 2. The van der Waals surface area contributed by atoms with E-state index in [1.165, 1.54) is 11.6 Å². The van der Waals surface area contributed by atoms with E-state index < -0.39 is 5.91 Å². The van der Waals surface area contributed by atoms with E-state index in [2.05, 4.69) is 43.2 Å². The van der Waals surface area contributed by atoms with Crippen molar-refractivity contribution in [2.75, 3.05) is 11.9 Å². The minimum Gasteiger partial charge on any atom is -0.494 e. The van der Waals surface area contributed by atoms with E-state index in [-0.39, 0.29) is 5.57 Å². The van der Waals surface area contributed by atoms with Crippen molar-refractivity contribution in [2.45, 2.75) is 20.5 Å². The molecule has 0 fully saturated rings. The van der Waals surface area contributed by atoms with Gasteiger partial charge in [-0.3, -0.25) is 4.79 Å². The molecule has 0 bridgehead atoms. The third kappa shape index (κ3) is 6.95. The van der Waals surface area contributed by atoms with Crippen LogP contribution in [0.15, 0.2) is 75.2 Å². The third-order valence-electron chi connectivity index (χ3n) is 4.59. The van der Waals surface area contributed by atoms with Crippen molar-refractivity contribution in [1.29, 1.82) is 5.26 Å². The number of anilines is 1. The molecular weight excluding hydrogens is 548 g/mol. The molecule has 0 aliphatic rings. The summed E-state index contributed by atoms with van der Waals surface area (Å²) in [5.74, 6) is 0.866. The lowest BCUT2D eigenvalue weighted by molar-refractivity contribution is -0.112. The minimum atomic E-state index is -0.492. The van der Waals surface area contributed by atoms with E-state index in [0.29, 0.717) is 44.9 Å². The highest BCUT2D eigenvalue weighted by molar-refractivity contribution is 9.11. The van der Waals surface area contributed by atoms with Crippen LogP contribution in [-0.4, -0.2) is 12.5 Å². The van der Waals surface area contributed by atoms with E-state index in [4.69, 9.17) is 9.47 Å². The molecule has 3 aromatic carbocycles. The summed E-state index contributed by atoms with van der Waals surface area (Å²) in [5.41, 5.74) is 3.47. The summed E-state index contributed by atoms with van der Waals surface area (Å²) in [7, 11) is 0. The fourth-order valence-corrected chi connectivity index (χ4v) is 4.52. The van der Waals surface area contributed by atoms with Gasteiger partial charge in [-0.1, -0.05) is 29.8 Å². The number of hydrogen-bond donors (Lipinski definition) is 1. The van der Waals surface area contributed by atoms with Crippen LogP contribution in [0.4, 0.5) is 5.69 Å². The van der Waals surface area contributed by atoms with Crippen LogP contribution in [0.1, 0.15) is 23.6 Å². The first-order chi connectivity index (χ1) is 15.9.